The largest absolute Gasteiger partial charge is 0.444 e. The highest BCUT2D eigenvalue weighted by atomic mass is 16.6. The van der Waals surface area contributed by atoms with Crippen molar-refractivity contribution in [2.45, 2.75) is 39.3 Å². The standard InChI is InChI=1S/C9H15NO3/c1-6(11)7-5-10(7)8(12)13-9(2,3)4/h7H,5H2,1-4H3. The minimum Gasteiger partial charge on any atom is -0.444 e. The van der Waals surface area contributed by atoms with E-state index in [1.165, 1.54) is 11.8 Å². The van der Waals surface area contributed by atoms with Gasteiger partial charge in [0.05, 0.1) is 6.54 Å². The number of nitrogens with zero attached hydrogens (tertiary/aromatic N) is 1. The molecule has 0 aliphatic carbocycles. The van der Waals surface area contributed by atoms with E-state index in [2.05, 4.69) is 0 Å². The fraction of sp³-hybridized carbons (Fsp3) is 0.778. The number of carbonyl (C=O) groups excluding carboxylic acids is 2. The Morgan fingerprint density at radius 3 is 2.23 bits per heavy atom. The molecule has 74 valence electrons. The van der Waals surface area contributed by atoms with E-state index in [4.69, 9.17) is 4.74 Å². The van der Waals surface area contributed by atoms with E-state index in [9.17, 15) is 9.59 Å². The monoisotopic (exact) mass is 185 g/mol. The second-order valence-electron chi connectivity index (χ2n) is 4.26. The Morgan fingerprint density at radius 2 is 1.92 bits per heavy atom. The number of amides is 1. The molecule has 1 aliphatic rings. The molecule has 0 N–H and O–H groups in total. The predicted octanol–water partition coefficient (Wildman–Crippen LogP) is 1.19. The number of rotatable bonds is 1. The molecule has 0 bridgehead atoms. The second kappa shape index (κ2) is 3.01. The Balaban J connectivity index is 2.40. The van der Waals surface area contributed by atoms with E-state index >= 15 is 0 Å². The lowest BCUT2D eigenvalue weighted by Gasteiger charge is -2.19. The first kappa shape index (κ1) is 10.0. The molecule has 1 unspecified atom stereocenters. The van der Waals surface area contributed by atoms with Crippen LogP contribution in [0.3, 0.4) is 0 Å². The lowest BCUT2D eigenvalue weighted by atomic mass is 10.2. The van der Waals surface area contributed by atoms with Crippen molar-refractivity contribution in [2.75, 3.05) is 6.54 Å². The van der Waals surface area contributed by atoms with Gasteiger partial charge in [0.15, 0.2) is 5.78 Å². The summed E-state index contributed by atoms with van der Waals surface area (Å²) in [6.45, 7) is 7.39. The number of Topliss-reactive ketones (excluding diaryl/α,β-unsaturated/α-hetero) is 1. The van der Waals surface area contributed by atoms with Gasteiger partial charge in [0.1, 0.15) is 11.6 Å². The zero-order chi connectivity index (χ0) is 10.2. The summed E-state index contributed by atoms with van der Waals surface area (Å²) in [6, 6.07) is -0.241. The van der Waals surface area contributed by atoms with Gasteiger partial charge in [-0.25, -0.2) is 4.79 Å². The molecule has 4 heteroatoms. The summed E-state index contributed by atoms with van der Waals surface area (Å²) in [6.07, 6.45) is -0.396. The number of ketones is 1. The minimum absolute atomic E-state index is 0.0193. The van der Waals surface area contributed by atoms with E-state index in [-0.39, 0.29) is 11.8 Å². The summed E-state index contributed by atoms with van der Waals surface area (Å²) in [5.74, 6) is 0.0193. The topological polar surface area (TPSA) is 46.4 Å². The summed E-state index contributed by atoms with van der Waals surface area (Å²) >= 11 is 0. The first-order chi connectivity index (χ1) is 5.81. The Morgan fingerprint density at radius 1 is 1.38 bits per heavy atom. The fourth-order valence-electron chi connectivity index (χ4n) is 1.01. The molecule has 1 heterocycles. The van der Waals surface area contributed by atoms with Gasteiger partial charge in [0, 0.05) is 0 Å². The quantitative estimate of drug-likeness (QED) is 0.576. The van der Waals surface area contributed by atoms with Gasteiger partial charge < -0.3 is 4.74 Å². The summed E-state index contributed by atoms with van der Waals surface area (Å²) in [5.41, 5.74) is -0.485. The third-order valence-electron chi connectivity index (χ3n) is 1.71. The fourth-order valence-corrected chi connectivity index (χ4v) is 1.01. The van der Waals surface area contributed by atoms with Crippen LogP contribution in [0, 0.1) is 0 Å². The first-order valence-electron chi connectivity index (χ1n) is 4.31. The van der Waals surface area contributed by atoms with Crippen LogP contribution in [0.4, 0.5) is 4.79 Å². The highest BCUT2D eigenvalue weighted by Gasteiger charge is 2.44. The van der Waals surface area contributed by atoms with Crippen LogP contribution in [0.5, 0.6) is 0 Å². The molecule has 1 rings (SSSR count). The molecular weight excluding hydrogens is 170 g/mol. The Bertz CT molecular complexity index is 242. The van der Waals surface area contributed by atoms with Crippen molar-refractivity contribution >= 4 is 11.9 Å². The Hall–Kier alpha value is -1.06. The molecule has 1 amide bonds. The van der Waals surface area contributed by atoms with Crippen molar-refractivity contribution in [3.05, 3.63) is 0 Å². The van der Waals surface area contributed by atoms with Crippen molar-refractivity contribution in [3.63, 3.8) is 0 Å². The maximum absolute atomic E-state index is 11.3. The van der Waals surface area contributed by atoms with Gasteiger partial charge in [0.2, 0.25) is 0 Å². The molecule has 0 saturated carbocycles. The van der Waals surface area contributed by atoms with Crippen LogP contribution in [-0.4, -0.2) is 35.0 Å². The molecule has 13 heavy (non-hydrogen) atoms. The van der Waals surface area contributed by atoms with Crippen LogP contribution in [0.25, 0.3) is 0 Å². The number of ether oxygens (including phenoxy) is 1. The number of hydrogen-bond donors (Lipinski definition) is 0. The van der Waals surface area contributed by atoms with Gasteiger partial charge in [-0.1, -0.05) is 0 Å². The van der Waals surface area contributed by atoms with Crippen LogP contribution in [0.2, 0.25) is 0 Å². The highest BCUT2D eigenvalue weighted by Crippen LogP contribution is 2.21. The van der Waals surface area contributed by atoms with Crippen molar-refractivity contribution in [1.82, 2.24) is 4.90 Å². The van der Waals surface area contributed by atoms with Crippen molar-refractivity contribution < 1.29 is 14.3 Å². The third-order valence-corrected chi connectivity index (χ3v) is 1.71. The molecule has 4 nitrogen and oxygen atoms in total. The molecule has 0 aromatic carbocycles. The zero-order valence-corrected chi connectivity index (χ0v) is 8.46. The molecule has 0 aromatic rings. The lowest BCUT2D eigenvalue weighted by Crippen LogP contribution is -2.28. The van der Waals surface area contributed by atoms with Gasteiger partial charge in [-0.15, -0.1) is 0 Å². The van der Waals surface area contributed by atoms with E-state index in [1.807, 2.05) is 0 Å². The van der Waals surface area contributed by atoms with E-state index in [0.717, 1.165) is 0 Å². The second-order valence-corrected chi connectivity index (χ2v) is 4.26. The molecule has 0 aromatic heterocycles. The summed E-state index contributed by atoms with van der Waals surface area (Å²) < 4.78 is 5.08. The summed E-state index contributed by atoms with van der Waals surface area (Å²) in [4.78, 5) is 23.5. The highest BCUT2D eigenvalue weighted by molar-refractivity contribution is 5.90. The van der Waals surface area contributed by atoms with Crippen molar-refractivity contribution in [2.24, 2.45) is 0 Å². The SMILES string of the molecule is CC(=O)C1CN1C(=O)OC(C)(C)C. The molecule has 1 fully saturated rings. The average molecular weight is 185 g/mol. The van der Waals surface area contributed by atoms with Crippen LogP contribution in [-0.2, 0) is 9.53 Å². The van der Waals surface area contributed by atoms with Crippen LogP contribution in [0.1, 0.15) is 27.7 Å². The maximum Gasteiger partial charge on any atom is 0.411 e. The Labute approximate surface area is 77.8 Å². The van der Waals surface area contributed by atoms with E-state index < -0.39 is 11.7 Å². The smallest absolute Gasteiger partial charge is 0.411 e. The number of carbonyl (C=O) groups is 2. The zero-order valence-electron chi connectivity index (χ0n) is 8.46. The van der Waals surface area contributed by atoms with Gasteiger partial charge >= 0.3 is 6.09 Å². The van der Waals surface area contributed by atoms with E-state index in [1.54, 1.807) is 20.8 Å². The van der Waals surface area contributed by atoms with Crippen LogP contribution < -0.4 is 0 Å². The minimum atomic E-state index is -0.485. The van der Waals surface area contributed by atoms with Gasteiger partial charge in [-0.2, -0.15) is 0 Å². The average Bonchev–Trinajstić information content (AvgIpc) is 2.58. The van der Waals surface area contributed by atoms with Gasteiger partial charge in [-0.3, -0.25) is 9.69 Å². The summed E-state index contributed by atoms with van der Waals surface area (Å²) in [7, 11) is 0. The molecule has 1 saturated heterocycles. The summed E-state index contributed by atoms with van der Waals surface area (Å²) in [5, 5.41) is 0. The molecule has 0 radical (unpaired) electrons. The first-order valence-corrected chi connectivity index (χ1v) is 4.31. The predicted molar refractivity (Wildman–Crippen MR) is 47.4 cm³/mol. The normalized spacial score (nSPS) is 21.2. The Kier molecular flexibility index (Phi) is 2.32. The van der Waals surface area contributed by atoms with Crippen molar-refractivity contribution in [3.8, 4) is 0 Å². The van der Waals surface area contributed by atoms with Crippen LogP contribution in [0.15, 0.2) is 0 Å². The van der Waals surface area contributed by atoms with E-state index in [0.29, 0.717) is 6.54 Å². The molecule has 0 spiro atoms. The molecular formula is C9H15NO3. The third kappa shape index (κ3) is 2.72. The molecule has 1 aliphatic heterocycles. The lowest BCUT2D eigenvalue weighted by molar-refractivity contribution is -0.117. The number of hydrogen-bond acceptors (Lipinski definition) is 3. The van der Waals surface area contributed by atoms with Gasteiger partial charge in [0.25, 0.3) is 0 Å². The van der Waals surface area contributed by atoms with Gasteiger partial charge in [-0.05, 0) is 27.7 Å². The van der Waals surface area contributed by atoms with Crippen LogP contribution >= 0.6 is 0 Å². The maximum atomic E-state index is 11.3. The van der Waals surface area contributed by atoms with Crippen molar-refractivity contribution in [1.29, 1.82) is 0 Å². The molecule has 1 atom stereocenters.